The van der Waals surface area contributed by atoms with Gasteiger partial charge in [-0.15, -0.1) is 0 Å². The zero-order valence-electron chi connectivity index (χ0n) is 12.8. The predicted octanol–water partition coefficient (Wildman–Crippen LogP) is 2.23. The fourth-order valence-corrected chi connectivity index (χ4v) is 3.32. The standard InChI is InChI=1S/C16H22ClN3O/c1-16(2)10-20(7-6-19(16)3)15(21)14-9-11-8-12(17)4-5-13(11)18-14/h4-5,8,14,18H,6-7,9-10H2,1-3H3/t14-/m0/s1. The molecule has 0 bridgehead atoms. The Balaban J connectivity index is 1.71. The van der Waals surface area contributed by atoms with Crippen LogP contribution in [0.15, 0.2) is 18.2 Å². The lowest BCUT2D eigenvalue weighted by atomic mass is 9.99. The Labute approximate surface area is 131 Å². The van der Waals surface area contributed by atoms with Crippen LogP contribution >= 0.6 is 11.6 Å². The minimum atomic E-state index is -0.155. The fourth-order valence-electron chi connectivity index (χ4n) is 3.13. The summed E-state index contributed by atoms with van der Waals surface area (Å²) < 4.78 is 0. The summed E-state index contributed by atoms with van der Waals surface area (Å²) in [5, 5.41) is 4.06. The topological polar surface area (TPSA) is 35.6 Å². The monoisotopic (exact) mass is 307 g/mol. The average molecular weight is 308 g/mol. The van der Waals surface area contributed by atoms with E-state index in [9.17, 15) is 4.79 Å². The number of carbonyl (C=O) groups excluding carboxylic acids is 1. The highest BCUT2D eigenvalue weighted by molar-refractivity contribution is 6.30. The van der Waals surface area contributed by atoms with E-state index in [1.165, 1.54) is 0 Å². The Morgan fingerprint density at radius 1 is 1.38 bits per heavy atom. The van der Waals surface area contributed by atoms with Crippen LogP contribution in [0, 0.1) is 0 Å². The summed E-state index contributed by atoms with van der Waals surface area (Å²) in [5.74, 6) is 0.198. The molecule has 2 aliphatic heterocycles. The van der Waals surface area contributed by atoms with Crippen LogP contribution in [0.25, 0.3) is 0 Å². The summed E-state index contributed by atoms with van der Waals surface area (Å²) in [6.07, 6.45) is 0.724. The van der Waals surface area contributed by atoms with Gasteiger partial charge in [-0.05, 0) is 44.7 Å². The van der Waals surface area contributed by atoms with E-state index in [0.29, 0.717) is 0 Å². The van der Waals surface area contributed by atoms with Crippen molar-refractivity contribution in [2.75, 3.05) is 32.0 Å². The Kier molecular flexibility index (Phi) is 3.62. The molecule has 1 N–H and O–H groups in total. The first kappa shape index (κ1) is 14.7. The van der Waals surface area contributed by atoms with E-state index in [1.54, 1.807) is 0 Å². The van der Waals surface area contributed by atoms with Gasteiger partial charge >= 0.3 is 0 Å². The lowest BCUT2D eigenvalue weighted by molar-refractivity contribution is -0.136. The summed E-state index contributed by atoms with van der Waals surface area (Å²) in [6.45, 7) is 6.86. The van der Waals surface area contributed by atoms with Gasteiger partial charge in [0.1, 0.15) is 6.04 Å². The van der Waals surface area contributed by atoms with Crippen molar-refractivity contribution in [3.63, 3.8) is 0 Å². The number of piperazine rings is 1. The van der Waals surface area contributed by atoms with Crippen LogP contribution in [0.4, 0.5) is 5.69 Å². The quantitative estimate of drug-likeness (QED) is 0.864. The van der Waals surface area contributed by atoms with Crippen LogP contribution in [0.1, 0.15) is 19.4 Å². The summed E-state index contributed by atoms with van der Waals surface area (Å²) in [6, 6.07) is 5.61. The van der Waals surface area contributed by atoms with Crippen molar-refractivity contribution in [1.29, 1.82) is 0 Å². The van der Waals surface area contributed by atoms with Gasteiger partial charge in [-0.1, -0.05) is 11.6 Å². The van der Waals surface area contributed by atoms with Gasteiger partial charge in [0.15, 0.2) is 0 Å². The van der Waals surface area contributed by atoms with Gasteiger partial charge in [0.2, 0.25) is 5.91 Å². The van der Waals surface area contributed by atoms with Gasteiger partial charge in [0.05, 0.1) is 0 Å². The molecule has 5 heteroatoms. The van der Waals surface area contributed by atoms with Gasteiger partial charge in [-0.3, -0.25) is 9.69 Å². The first-order valence-corrected chi connectivity index (χ1v) is 7.79. The molecule has 2 aliphatic rings. The van der Waals surface area contributed by atoms with E-state index in [1.807, 2.05) is 23.1 Å². The molecular formula is C16H22ClN3O. The largest absolute Gasteiger partial charge is 0.373 e. The van der Waals surface area contributed by atoms with Crippen molar-refractivity contribution in [3.05, 3.63) is 28.8 Å². The lowest BCUT2D eigenvalue weighted by Crippen LogP contribution is -2.60. The SMILES string of the molecule is CN1CCN(C(=O)[C@@H]2Cc3cc(Cl)ccc3N2)CC1(C)C. The third-order valence-electron chi connectivity index (χ3n) is 4.75. The first-order valence-electron chi connectivity index (χ1n) is 7.42. The van der Waals surface area contributed by atoms with E-state index < -0.39 is 0 Å². The molecule has 1 fully saturated rings. The number of fused-ring (bicyclic) bond motifs is 1. The van der Waals surface area contributed by atoms with E-state index in [2.05, 4.69) is 31.1 Å². The molecule has 0 unspecified atom stereocenters. The third-order valence-corrected chi connectivity index (χ3v) is 4.98. The molecule has 0 aromatic heterocycles. The molecule has 114 valence electrons. The summed E-state index contributed by atoms with van der Waals surface area (Å²) in [5.41, 5.74) is 2.20. The van der Waals surface area contributed by atoms with Crippen molar-refractivity contribution in [2.24, 2.45) is 0 Å². The summed E-state index contributed by atoms with van der Waals surface area (Å²) in [4.78, 5) is 17.1. The smallest absolute Gasteiger partial charge is 0.245 e. The van der Waals surface area contributed by atoms with Gasteiger partial charge in [-0.2, -0.15) is 0 Å². The molecule has 1 atom stereocenters. The molecular weight excluding hydrogens is 286 g/mol. The Hall–Kier alpha value is -1.26. The number of benzene rings is 1. The van der Waals surface area contributed by atoms with Gasteiger partial charge in [0.25, 0.3) is 0 Å². The zero-order valence-corrected chi connectivity index (χ0v) is 13.6. The maximum atomic E-state index is 12.8. The van der Waals surface area contributed by atoms with E-state index in [4.69, 9.17) is 11.6 Å². The number of carbonyl (C=O) groups is 1. The number of halogens is 1. The van der Waals surface area contributed by atoms with Crippen molar-refractivity contribution in [2.45, 2.75) is 31.8 Å². The molecule has 0 saturated carbocycles. The molecule has 1 saturated heterocycles. The second kappa shape index (κ2) is 5.18. The minimum absolute atomic E-state index is 0.0304. The Morgan fingerprint density at radius 3 is 2.86 bits per heavy atom. The molecule has 1 amide bonds. The minimum Gasteiger partial charge on any atom is -0.373 e. The van der Waals surface area contributed by atoms with Crippen molar-refractivity contribution in [3.8, 4) is 0 Å². The second-order valence-corrected chi connectivity index (χ2v) is 7.13. The second-order valence-electron chi connectivity index (χ2n) is 6.70. The molecule has 0 radical (unpaired) electrons. The first-order chi connectivity index (χ1) is 9.87. The molecule has 2 heterocycles. The van der Waals surface area contributed by atoms with Crippen LogP contribution in [0.2, 0.25) is 5.02 Å². The highest BCUT2D eigenvalue weighted by atomic mass is 35.5. The number of anilines is 1. The molecule has 1 aromatic carbocycles. The number of likely N-dealkylation sites (N-methyl/N-ethyl adjacent to an activating group) is 1. The lowest BCUT2D eigenvalue weighted by Gasteiger charge is -2.45. The number of rotatable bonds is 1. The van der Waals surface area contributed by atoms with Crippen molar-refractivity contribution in [1.82, 2.24) is 9.80 Å². The van der Waals surface area contributed by atoms with Gasteiger partial charge < -0.3 is 10.2 Å². The van der Waals surface area contributed by atoms with Crippen molar-refractivity contribution >= 4 is 23.2 Å². The zero-order chi connectivity index (χ0) is 15.2. The molecule has 0 spiro atoms. The highest BCUT2D eigenvalue weighted by Crippen LogP contribution is 2.30. The normalized spacial score (nSPS) is 24.6. The van der Waals surface area contributed by atoms with Gasteiger partial charge in [0, 0.05) is 42.3 Å². The molecule has 3 rings (SSSR count). The third kappa shape index (κ3) is 2.74. The van der Waals surface area contributed by atoms with Crippen LogP contribution in [-0.2, 0) is 11.2 Å². The maximum absolute atomic E-state index is 12.8. The maximum Gasteiger partial charge on any atom is 0.245 e. The van der Waals surface area contributed by atoms with Crippen LogP contribution in [0.5, 0.6) is 0 Å². The van der Waals surface area contributed by atoms with E-state index >= 15 is 0 Å². The summed E-state index contributed by atoms with van der Waals surface area (Å²) in [7, 11) is 2.12. The van der Waals surface area contributed by atoms with Gasteiger partial charge in [-0.25, -0.2) is 0 Å². The molecule has 4 nitrogen and oxygen atoms in total. The number of hydrogen-bond acceptors (Lipinski definition) is 3. The van der Waals surface area contributed by atoms with E-state index in [0.717, 1.165) is 42.3 Å². The number of hydrogen-bond donors (Lipinski definition) is 1. The Bertz CT molecular complexity index is 573. The average Bonchev–Trinajstić information content (AvgIpc) is 2.83. The summed E-state index contributed by atoms with van der Waals surface area (Å²) >= 11 is 6.02. The van der Waals surface area contributed by atoms with Crippen LogP contribution in [0.3, 0.4) is 0 Å². The van der Waals surface area contributed by atoms with Crippen molar-refractivity contribution < 1.29 is 4.79 Å². The number of amides is 1. The number of nitrogens with zero attached hydrogens (tertiary/aromatic N) is 2. The number of nitrogens with one attached hydrogen (secondary N) is 1. The predicted molar refractivity (Wildman–Crippen MR) is 85.9 cm³/mol. The fraction of sp³-hybridized carbons (Fsp3) is 0.562. The van der Waals surface area contributed by atoms with Crippen LogP contribution < -0.4 is 5.32 Å². The Morgan fingerprint density at radius 2 is 2.14 bits per heavy atom. The van der Waals surface area contributed by atoms with E-state index in [-0.39, 0.29) is 17.5 Å². The molecule has 1 aromatic rings. The molecule has 0 aliphatic carbocycles. The van der Waals surface area contributed by atoms with Crippen LogP contribution in [-0.4, -0.2) is 54.0 Å². The highest BCUT2D eigenvalue weighted by Gasteiger charge is 2.37. The molecule has 21 heavy (non-hydrogen) atoms.